The third kappa shape index (κ3) is 5.54. The molecule has 0 atom stereocenters. The highest BCUT2D eigenvalue weighted by Crippen LogP contribution is 2.36. The molecule has 7 nitrogen and oxygen atoms in total. The van der Waals surface area contributed by atoms with Crippen molar-refractivity contribution in [3.63, 3.8) is 0 Å². The van der Waals surface area contributed by atoms with Crippen LogP contribution in [0.25, 0.3) is 17.0 Å². The number of para-hydroxylation sites is 1. The predicted molar refractivity (Wildman–Crippen MR) is 154 cm³/mol. The van der Waals surface area contributed by atoms with E-state index in [0.717, 1.165) is 68.5 Å². The summed E-state index contributed by atoms with van der Waals surface area (Å²) in [6.07, 6.45) is 6.07. The van der Waals surface area contributed by atoms with E-state index < -0.39 is 0 Å². The highest BCUT2D eigenvalue weighted by molar-refractivity contribution is 8.26. The van der Waals surface area contributed by atoms with E-state index in [1.54, 1.807) is 15.5 Å². The zero-order valence-corrected chi connectivity index (χ0v) is 22.9. The first-order chi connectivity index (χ1) is 17.5. The molecule has 1 aromatic heterocycles. The molecule has 1 aromatic carbocycles. The molecule has 2 aliphatic rings. The molecule has 36 heavy (non-hydrogen) atoms. The molecule has 2 aliphatic heterocycles. The fraction of sp³-hybridized carbons (Fsp3) is 0.519. The number of nitrogens with zero attached hydrogens (tertiary/aromatic N) is 4. The molecule has 3 heterocycles. The number of aliphatic hydroxyl groups excluding tert-OH is 1. The minimum absolute atomic E-state index is 0.0859. The summed E-state index contributed by atoms with van der Waals surface area (Å²) in [5.74, 6) is -0.101. The van der Waals surface area contributed by atoms with Gasteiger partial charge in [0.1, 0.15) is 4.32 Å². The van der Waals surface area contributed by atoms with E-state index in [1.807, 2.05) is 25.1 Å². The second-order valence-electron chi connectivity index (χ2n) is 9.28. The molecule has 0 unspecified atom stereocenters. The summed E-state index contributed by atoms with van der Waals surface area (Å²) in [5, 5.41) is 10.3. The van der Waals surface area contributed by atoms with Gasteiger partial charge >= 0.3 is 0 Å². The molecule has 1 amide bonds. The molecule has 2 saturated heterocycles. The Labute approximate surface area is 222 Å². The Morgan fingerprint density at radius 3 is 2.47 bits per heavy atom. The second kappa shape index (κ2) is 12.4. The van der Waals surface area contributed by atoms with Gasteiger partial charge in [0.05, 0.1) is 28.3 Å². The van der Waals surface area contributed by atoms with E-state index in [4.69, 9.17) is 12.2 Å². The van der Waals surface area contributed by atoms with E-state index >= 15 is 0 Å². The predicted octanol–water partition coefficient (Wildman–Crippen LogP) is 3.92. The number of unbranched alkanes of at least 4 members (excludes halogenated alkanes) is 3. The summed E-state index contributed by atoms with van der Waals surface area (Å²) in [6.45, 7) is 9.22. The molecule has 0 aliphatic carbocycles. The van der Waals surface area contributed by atoms with Crippen molar-refractivity contribution in [1.29, 1.82) is 0 Å². The Bertz CT molecular complexity index is 1200. The van der Waals surface area contributed by atoms with Crippen LogP contribution in [-0.4, -0.2) is 75.6 Å². The van der Waals surface area contributed by atoms with Gasteiger partial charge in [0.25, 0.3) is 11.5 Å². The van der Waals surface area contributed by atoms with E-state index in [9.17, 15) is 14.7 Å². The summed E-state index contributed by atoms with van der Waals surface area (Å²) in [7, 11) is 0. The van der Waals surface area contributed by atoms with Crippen LogP contribution in [0, 0.1) is 0 Å². The van der Waals surface area contributed by atoms with Crippen molar-refractivity contribution in [3.8, 4) is 0 Å². The SMILES string of the molecule is CCCCCCN1C(=O)C(=Cc2c(N3CCN(CCO)CC3)c3ccccc3n(CC)c2=O)SC1=S. The fourth-order valence-corrected chi connectivity index (χ4v) is 6.34. The summed E-state index contributed by atoms with van der Waals surface area (Å²) < 4.78 is 2.36. The molecular weight excluding hydrogens is 492 g/mol. The van der Waals surface area contributed by atoms with Crippen molar-refractivity contribution < 1.29 is 9.90 Å². The van der Waals surface area contributed by atoms with Gasteiger partial charge in [0, 0.05) is 51.2 Å². The summed E-state index contributed by atoms with van der Waals surface area (Å²) in [4.78, 5) is 33.8. The van der Waals surface area contributed by atoms with Gasteiger partial charge in [0.2, 0.25) is 0 Å². The fourth-order valence-electron chi connectivity index (χ4n) is 5.05. The largest absolute Gasteiger partial charge is 0.395 e. The van der Waals surface area contributed by atoms with Crippen molar-refractivity contribution in [2.24, 2.45) is 0 Å². The number of carbonyl (C=O) groups is 1. The number of aliphatic hydroxyl groups is 1. The smallest absolute Gasteiger partial charge is 0.266 e. The first-order valence-corrected chi connectivity index (χ1v) is 14.2. The van der Waals surface area contributed by atoms with Gasteiger partial charge in [0.15, 0.2) is 0 Å². The van der Waals surface area contributed by atoms with Crippen LogP contribution in [0.4, 0.5) is 5.69 Å². The molecule has 2 aromatic rings. The van der Waals surface area contributed by atoms with E-state index in [0.29, 0.717) is 34.4 Å². The third-order valence-electron chi connectivity index (χ3n) is 6.99. The van der Waals surface area contributed by atoms with Gasteiger partial charge in [-0.25, -0.2) is 0 Å². The van der Waals surface area contributed by atoms with E-state index in [2.05, 4.69) is 22.8 Å². The molecule has 0 spiro atoms. The van der Waals surface area contributed by atoms with Crippen LogP contribution < -0.4 is 10.5 Å². The second-order valence-corrected chi connectivity index (χ2v) is 11.0. The number of thioether (sulfide) groups is 1. The lowest BCUT2D eigenvalue weighted by Gasteiger charge is -2.37. The van der Waals surface area contributed by atoms with E-state index in [1.165, 1.54) is 11.8 Å². The number of piperazine rings is 1. The number of benzene rings is 1. The highest BCUT2D eigenvalue weighted by Gasteiger charge is 2.33. The molecule has 9 heteroatoms. The van der Waals surface area contributed by atoms with Crippen molar-refractivity contribution in [2.45, 2.75) is 46.1 Å². The Kier molecular flexibility index (Phi) is 9.22. The monoisotopic (exact) mass is 528 g/mol. The molecule has 4 rings (SSSR count). The number of anilines is 1. The maximum atomic E-state index is 13.8. The molecule has 194 valence electrons. The molecule has 0 saturated carbocycles. The number of hydrogen-bond acceptors (Lipinski definition) is 7. The number of carbonyl (C=O) groups excluding carboxylic acids is 1. The van der Waals surface area contributed by atoms with Crippen LogP contribution in [0.3, 0.4) is 0 Å². The number of amides is 1. The first-order valence-electron chi connectivity index (χ1n) is 13.0. The van der Waals surface area contributed by atoms with Gasteiger partial charge in [-0.15, -0.1) is 0 Å². The van der Waals surface area contributed by atoms with Crippen molar-refractivity contribution in [2.75, 3.05) is 50.8 Å². The average molecular weight is 529 g/mol. The standard InChI is InChI=1S/C27H36N4O3S2/c1-3-5-6-9-12-31-26(34)23(36-27(31)35)19-21-24(29-15-13-28(14-16-29)17-18-32)20-10-7-8-11-22(20)30(4-2)25(21)33/h7-8,10-11,19,32H,3-6,9,12-18H2,1-2H3. The number of aryl methyl sites for hydroxylation is 1. The van der Waals surface area contributed by atoms with Crippen LogP contribution in [0.2, 0.25) is 0 Å². The summed E-state index contributed by atoms with van der Waals surface area (Å²) in [6, 6.07) is 8.01. The van der Waals surface area contributed by atoms with Gasteiger partial charge in [-0.2, -0.15) is 0 Å². The van der Waals surface area contributed by atoms with Gasteiger partial charge in [-0.1, -0.05) is 68.4 Å². The van der Waals surface area contributed by atoms with Gasteiger partial charge < -0.3 is 14.6 Å². The zero-order valence-electron chi connectivity index (χ0n) is 21.2. The Balaban J connectivity index is 1.75. The minimum Gasteiger partial charge on any atom is -0.395 e. The van der Waals surface area contributed by atoms with Crippen molar-refractivity contribution >= 4 is 56.9 Å². The van der Waals surface area contributed by atoms with Gasteiger partial charge in [-0.05, 0) is 25.5 Å². The molecule has 2 fully saturated rings. The van der Waals surface area contributed by atoms with E-state index in [-0.39, 0.29) is 18.1 Å². The third-order valence-corrected chi connectivity index (χ3v) is 8.36. The number of β-amino-alcohol motifs (C(OH)–C–C–N with tert-alkyl or cyclic N) is 1. The van der Waals surface area contributed by atoms with Crippen LogP contribution in [0.1, 0.15) is 45.1 Å². The Hall–Kier alpha value is -2.20. The van der Waals surface area contributed by atoms with Crippen molar-refractivity contribution in [1.82, 2.24) is 14.4 Å². The lowest BCUT2D eigenvalue weighted by atomic mass is 10.0. The Morgan fingerprint density at radius 2 is 1.78 bits per heavy atom. The molecule has 0 bridgehead atoms. The quantitative estimate of drug-likeness (QED) is 0.285. The number of rotatable bonds is 10. The van der Waals surface area contributed by atoms with Gasteiger partial charge in [-0.3, -0.25) is 19.4 Å². The lowest BCUT2D eigenvalue weighted by molar-refractivity contribution is -0.122. The van der Waals surface area contributed by atoms with Crippen LogP contribution in [-0.2, 0) is 11.3 Å². The lowest BCUT2D eigenvalue weighted by Crippen LogP contribution is -2.48. The number of hydrogen-bond donors (Lipinski definition) is 1. The van der Waals surface area contributed by atoms with Crippen LogP contribution in [0.5, 0.6) is 0 Å². The maximum Gasteiger partial charge on any atom is 0.266 e. The summed E-state index contributed by atoms with van der Waals surface area (Å²) >= 11 is 6.85. The summed E-state index contributed by atoms with van der Waals surface area (Å²) in [5.41, 5.74) is 2.26. The molecule has 1 N–H and O–H groups in total. The average Bonchev–Trinajstić information content (AvgIpc) is 3.15. The van der Waals surface area contributed by atoms with Crippen LogP contribution >= 0.6 is 24.0 Å². The number of thiocarbonyl (C=S) groups is 1. The topological polar surface area (TPSA) is 69.0 Å². The van der Waals surface area contributed by atoms with Crippen molar-refractivity contribution in [3.05, 3.63) is 45.1 Å². The normalized spacial score (nSPS) is 18.2. The Morgan fingerprint density at radius 1 is 1.03 bits per heavy atom. The minimum atomic E-state index is -0.101. The van der Waals surface area contributed by atoms with Crippen LogP contribution in [0.15, 0.2) is 34.0 Å². The number of pyridine rings is 1. The zero-order chi connectivity index (χ0) is 25.7. The maximum absolute atomic E-state index is 13.8. The highest BCUT2D eigenvalue weighted by atomic mass is 32.2. The first kappa shape index (κ1) is 26.9. The number of fused-ring (bicyclic) bond motifs is 1. The molecule has 0 radical (unpaired) electrons. The number of aromatic nitrogens is 1. The molecular formula is C27H36N4O3S2.